The molecule has 1 unspecified atom stereocenters. The van der Waals surface area contributed by atoms with E-state index >= 15 is 0 Å². The number of carbonyl (C=O) groups excluding carboxylic acids is 1. The Balaban J connectivity index is 2.80. The smallest absolute Gasteiger partial charge is 0.326 e. The number of amides is 1. The van der Waals surface area contributed by atoms with Crippen molar-refractivity contribution >= 4 is 11.9 Å². The maximum atomic E-state index is 11.8. The highest BCUT2D eigenvalue weighted by molar-refractivity contribution is 5.97. The van der Waals surface area contributed by atoms with E-state index in [1.165, 1.54) is 0 Å². The van der Waals surface area contributed by atoms with Crippen LogP contribution in [0.15, 0.2) is 24.3 Å². The molecule has 86 valence electrons. The zero-order valence-corrected chi connectivity index (χ0v) is 9.36. The van der Waals surface area contributed by atoms with Crippen molar-refractivity contribution in [3.05, 3.63) is 35.4 Å². The minimum atomic E-state index is -1.01. The van der Waals surface area contributed by atoms with Crippen LogP contribution in [0, 0.1) is 6.92 Å². The summed E-state index contributed by atoms with van der Waals surface area (Å²) in [5.74, 6) is -1.35. The van der Waals surface area contributed by atoms with E-state index in [9.17, 15) is 9.59 Å². The van der Waals surface area contributed by atoms with Crippen LogP contribution >= 0.6 is 0 Å². The third kappa shape index (κ3) is 2.82. The van der Waals surface area contributed by atoms with Gasteiger partial charge >= 0.3 is 5.97 Å². The second kappa shape index (κ2) is 5.30. The number of nitrogens with one attached hydrogen (secondary N) is 1. The van der Waals surface area contributed by atoms with Gasteiger partial charge < -0.3 is 10.4 Å². The number of carbonyl (C=O) groups is 2. The van der Waals surface area contributed by atoms with E-state index in [0.717, 1.165) is 5.56 Å². The van der Waals surface area contributed by atoms with E-state index in [2.05, 4.69) is 5.32 Å². The normalized spacial score (nSPS) is 11.9. The van der Waals surface area contributed by atoms with Crippen LogP contribution in [0.2, 0.25) is 0 Å². The molecule has 0 spiro atoms. The summed E-state index contributed by atoms with van der Waals surface area (Å²) in [6.45, 7) is 3.54. The number of benzene rings is 1. The fourth-order valence-electron chi connectivity index (χ4n) is 1.40. The Morgan fingerprint density at radius 2 is 2.00 bits per heavy atom. The van der Waals surface area contributed by atoms with Gasteiger partial charge in [-0.05, 0) is 25.0 Å². The molecular formula is C12H15NO3. The van der Waals surface area contributed by atoms with Crippen LogP contribution in [0.1, 0.15) is 29.3 Å². The van der Waals surface area contributed by atoms with E-state index in [-0.39, 0.29) is 5.91 Å². The fourth-order valence-corrected chi connectivity index (χ4v) is 1.40. The van der Waals surface area contributed by atoms with Gasteiger partial charge in [-0.25, -0.2) is 4.79 Å². The van der Waals surface area contributed by atoms with Gasteiger partial charge in [0.05, 0.1) is 0 Å². The molecule has 0 bridgehead atoms. The highest BCUT2D eigenvalue weighted by atomic mass is 16.4. The lowest BCUT2D eigenvalue weighted by Gasteiger charge is -2.13. The van der Waals surface area contributed by atoms with Crippen molar-refractivity contribution < 1.29 is 14.7 Å². The maximum Gasteiger partial charge on any atom is 0.326 e. The van der Waals surface area contributed by atoms with E-state index in [4.69, 9.17) is 5.11 Å². The lowest BCUT2D eigenvalue weighted by atomic mass is 10.1. The third-order valence-electron chi connectivity index (χ3n) is 2.40. The zero-order valence-electron chi connectivity index (χ0n) is 9.36. The van der Waals surface area contributed by atoms with Gasteiger partial charge in [0, 0.05) is 5.56 Å². The highest BCUT2D eigenvalue weighted by Gasteiger charge is 2.18. The number of hydrogen-bond acceptors (Lipinski definition) is 2. The molecule has 1 aromatic carbocycles. The first-order valence-corrected chi connectivity index (χ1v) is 5.15. The van der Waals surface area contributed by atoms with Gasteiger partial charge in [0.25, 0.3) is 5.91 Å². The minimum absolute atomic E-state index is 0.340. The second-order valence-corrected chi connectivity index (χ2v) is 3.59. The molecule has 4 heteroatoms. The summed E-state index contributed by atoms with van der Waals surface area (Å²) in [5, 5.41) is 11.3. The molecule has 0 saturated heterocycles. The van der Waals surface area contributed by atoms with Crippen molar-refractivity contribution in [2.45, 2.75) is 26.3 Å². The van der Waals surface area contributed by atoms with Gasteiger partial charge in [-0.15, -0.1) is 0 Å². The minimum Gasteiger partial charge on any atom is -0.480 e. The van der Waals surface area contributed by atoms with Crippen LogP contribution < -0.4 is 5.32 Å². The molecule has 0 radical (unpaired) electrons. The fraction of sp³-hybridized carbons (Fsp3) is 0.333. The molecule has 1 rings (SSSR count). The van der Waals surface area contributed by atoms with Gasteiger partial charge in [-0.1, -0.05) is 25.1 Å². The molecule has 0 fully saturated rings. The molecule has 1 amide bonds. The Labute approximate surface area is 94.3 Å². The van der Waals surface area contributed by atoms with Crippen LogP contribution in [-0.4, -0.2) is 23.0 Å². The Morgan fingerprint density at radius 1 is 1.38 bits per heavy atom. The molecule has 1 atom stereocenters. The summed E-state index contributed by atoms with van der Waals surface area (Å²) in [4.78, 5) is 22.5. The maximum absolute atomic E-state index is 11.8. The van der Waals surface area contributed by atoms with Crippen LogP contribution in [0.5, 0.6) is 0 Å². The summed E-state index contributed by atoms with van der Waals surface area (Å²) in [6.07, 6.45) is 0.368. The van der Waals surface area contributed by atoms with Crippen LogP contribution in [-0.2, 0) is 4.79 Å². The number of rotatable bonds is 4. The molecule has 2 N–H and O–H groups in total. The van der Waals surface area contributed by atoms with E-state index < -0.39 is 12.0 Å². The summed E-state index contributed by atoms with van der Waals surface area (Å²) >= 11 is 0. The molecule has 0 saturated carbocycles. The Bertz CT molecular complexity index is 401. The molecule has 0 aliphatic carbocycles. The van der Waals surface area contributed by atoms with Crippen molar-refractivity contribution in [3.63, 3.8) is 0 Å². The molecule has 0 aliphatic heterocycles. The number of aryl methyl sites for hydroxylation is 1. The van der Waals surface area contributed by atoms with Gasteiger partial charge in [0.2, 0.25) is 0 Å². The second-order valence-electron chi connectivity index (χ2n) is 3.59. The molecule has 1 aromatic rings. The van der Waals surface area contributed by atoms with Gasteiger partial charge in [-0.3, -0.25) is 4.79 Å². The van der Waals surface area contributed by atoms with Gasteiger partial charge in [0.15, 0.2) is 0 Å². The van der Waals surface area contributed by atoms with Crippen LogP contribution in [0.3, 0.4) is 0 Å². The van der Waals surface area contributed by atoms with Gasteiger partial charge in [0.1, 0.15) is 6.04 Å². The zero-order chi connectivity index (χ0) is 12.1. The number of aliphatic carboxylic acids is 1. The predicted octanol–water partition coefficient (Wildman–Crippen LogP) is 1.59. The molecule has 0 heterocycles. The molecule has 0 aliphatic rings. The highest BCUT2D eigenvalue weighted by Crippen LogP contribution is 2.07. The van der Waals surface area contributed by atoms with Crippen LogP contribution in [0.25, 0.3) is 0 Å². The molecule has 16 heavy (non-hydrogen) atoms. The lowest BCUT2D eigenvalue weighted by molar-refractivity contribution is -0.139. The number of carboxylic acids is 1. The average Bonchev–Trinajstić information content (AvgIpc) is 2.25. The summed E-state index contributed by atoms with van der Waals surface area (Å²) in [7, 11) is 0. The van der Waals surface area contributed by atoms with Crippen LogP contribution in [0.4, 0.5) is 0 Å². The topological polar surface area (TPSA) is 66.4 Å². The van der Waals surface area contributed by atoms with Crippen molar-refractivity contribution in [1.29, 1.82) is 0 Å². The largest absolute Gasteiger partial charge is 0.480 e. The first kappa shape index (κ1) is 12.2. The Hall–Kier alpha value is -1.84. The number of carboxylic acid groups (broad SMARTS) is 1. The Kier molecular flexibility index (Phi) is 4.05. The first-order chi connectivity index (χ1) is 7.56. The Morgan fingerprint density at radius 3 is 2.50 bits per heavy atom. The summed E-state index contributed by atoms with van der Waals surface area (Å²) < 4.78 is 0. The van der Waals surface area contributed by atoms with Crippen molar-refractivity contribution in [3.8, 4) is 0 Å². The third-order valence-corrected chi connectivity index (χ3v) is 2.40. The number of hydrogen-bond donors (Lipinski definition) is 2. The molecule has 0 aromatic heterocycles. The molecular weight excluding hydrogens is 206 g/mol. The first-order valence-electron chi connectivity index (χ1n) is 5.15. The van der Waals surface area contributed by atoms with E-state index in [0.29, 0.717) is 12.0 Å². The summed E-state index contributed by atoms with van der Waals surface area (Å²) in [6, 6.07) is 6.26. The lowest BCUT2D eigenvalue weighted by Crippen LogP contribution is -2.40. The van der Waals surface area contributed by atoms with Crippen molar-refractivity contribution in [2.75, 3.05) is 0 Å². The van der Waals surface area contributed by atoms with Gasteiger partial charge in [-0.2, -0.15) is 0 Å². The molecule has 4 nitrogen and oxygen atoms in total. The quantitative estimate of drug-likeness (QED) is 0.811. The average molecular weight is 221 g/mol. The SMILES string of the molecule is CCC(NC(=O)c1ccccc1C)C(=O)O. The van der Waals surface area contributed by atoms with E-state index in [1.54, 1.807) is 19.1 Å². The monoisotopic (exact) mass is 221 g/mol. The standard InChI is InChI=1S/C12H15NO3/c1-3-10(12(15)16)13-11(14)9-7-5-4-6-8(9)2/h4-7,10H,3H2,1-2H3,(H,13,14)(H,15,16). The van der Waals surface area contributed by atoms with E-state index in [1.807, 2.05) is 19.1 Å². The predicted molar refractivity (Wildman–Crippen MR) is 60.4 cm³/mol. The summed E-state index contributed by atoms with van der Waals surface area (Å²) in [5.41, 5.74) is 1.35. The van der Waals surface area contributed by atoms with Crippen molar-refractivity contribution in [1.82, 2.24) is 5.32 Å². The van der Waals surface area contributed by atoms with Crippen molar-refractivity contribution in [2.24, 2.45) is 0 Å².